The molecule has 2 fully saturated rings. The maximum absolute atomic E-state index is 10.5. The van der Waals surface area contributed by atoms with Crippen LogP contribution in [0, 0.1) is 5.92 Å². The third-order valence-electron chi connectivity index (χ3n) is 7.14. The van der Waals surface area contributed by atoms with E-state index in [1.165, 1.54) is 16.3 Å². The molecule has 5 rings (SSSR count). The number of para-hydroxylation sites is 1. The average molecular weight is 432 g/mol. The molecule has 2 atom stereocenters. The van der Waals surface area contributed by atoms with Crippen molar-refractivity contribution in [3.05, 3.63) is 71.8 Å². The van der Waals surface area contributed by atoms with Crippen LogP contribution in [-0.2, 0) is 6.54 Å². The molecule has 32 heavy (non-hydrogen) atoms. The van der Waals surface area contributed by atoms with Crippen molar-refractivity contribution < 1.29 is 9.84 Å². The number of hydrogen-bond acceptors (Lipinski definition) is 5. The first kappa shape index (κ1) is 21.3. The van der Waals surface area contributed by atoms with Crippen molar-refractivity contribution in [2.24, 2.45) is 5.92 Å². The molecule has 2 saturated heterocycles. The Hall–Kier alpha value is -2.60. The fourth-order valence-electron chi connectivity index (χ4n) is 5.40. The first-order chi connectivity index (χ1) is 15.7. The molecule has 5 nitrogen and oxygen atoms in total. The molecule has 3 aromatic carbocycles. The number of hydrogen-bond donors (Lipinski definition) is 3. The van der Waals surface area contributed by atoms with Gasteiger partial charge in [0.1, 0.15) is 0 Å². The fourth-order valence-corrected chi connectivity index (χ4v) is 5.40. The van der Waals surface area contributed by atoms with Gasteiger partial charge in [-0.15, -0.1) is 0 Å². The van der Waals surface area contributed by atoms with E-state index in [4.69, 9.17) is 4.74 Å². The first-order valence-corrected chi connectivity index (χ1v) is 11.9. The minimum atomic E-state index is 0.287. The molecule has 0 saturated carbocycles. The number of hydrazine groups is 1. The van der Waals surface area contributed by atoms with E-state index >= 15 is 0 Å². The summed E-state index contributed by atoms with van der Waals surface area (Å²) in [5, 5.41) is 13.2. The van der Waals surface area contributed by atoms with E-state index in [9.17, 15) is 5.11 Å². The maximum atomic E-state index is 10.5. The van der Waals surface area contributed by atoms with Crippen LogP contribution in [0.5, 0.6) is 11.5 Å². The van der Waals surface area contributed by atoms with Gasteiger partial charge in [0.05, 0.1) is 6.61 Å². The summed E-state index contributed by atoms with van der Waals surface area (Å²) >= 11 is 0. The smallest absolute Gasteiger partial charge is 0.162 e. The van der Waals surface area contributed by atoms with Crippen molar-refractivity contribution in [3.63, 3.8) is 0 Å². The van der Waals surface area contributed by atoms with Gasteiger partial charge in [0.25, 0.3) is 0 Å². The number of phenols is 1. The fraction of sp³-hybridized carbons (Fsp3) is 0.407. The minimum Gasteiger partial charge on any atom is -0.504 e. The number of ether oxygens (including phenoxy) is 1. The van der Waals surface area contributed by atoms with Crippen LogP contribution >= 0.6 is 0 Å². The quantitative estimate of drug-likeness (QED) is 0.540. The van der Waals surface area contributed by atoms with Gasteiger partial charge in [-0.3, -0.25) is 15.8 Å². The van der Waals surface area contributed by atoms with Gasteiger partial charge in [0.15, 0.2) is 11.5 Å². The summed E-state index contributed by atoms with van der Waals surface area (Å²) in [6.45, 7) is 6.33. The van der Waals surface area contributed by atoms with Crippen LogP contribution in [0.15, 0.2) is 60.7 Å². The Labute approximate surface area is 190 Å². The Morgan fingerprint density at radius 1 is 1.00 bits per heavy atom. The zero-order chi connectivity index (χ0) is 21.9. The summed E-state index contributed by atoms with van der Waals surface area (Å²) in [4.78, 5) is 2.45. The second-order valence-electron chi connectivity index (χ2n) is 9.07. The van der Waals surface area contributed by atoms with Crippen molar-refractivity contribution in [1.82, 2.24) is 15.8 Å². The summed E-state index contributed by atoms with van der Waals surface area (Å²) in [5.74, 6) is 2.00. The summed E-state index contributed by atoms with van der Waals surface area (Å²) in [6, 6.07) is 21.8. The zero-order valence-corrected chi connectivity index (χ0v) is 18.8. The summed E-state index contributed by atoms with van der Waals surface area (Å²) in [6.07, 6.45) is 2.32. The standard InChI is InChI=1S/C27H33N3O2/c1-2-32-25-9-5-8-23(27(25)31)18-30-14-12-20(13-15-30)26-24(17-28-29-26)22-11-10-19-6-3-4-7-21(19)16-22/h3-11,16,20,24,26,28-29,31H,2,12-15,17-18H2,1H3. The number of piperidine rings is 1. The molecule has 2 heterocycles. The van der Waals surface area contributed by atoms with E-state index in [2.05, 4.69) is 58.2 Å². The van der Waals surface area contributed by atoms with Crippen molar-refractivity contribution >= 4 is 10.8 Å². The molecule has 5 heteroatoms. The van der Waals surface area contributed by atoms with E-state index in [0.717, 1.165) is 44.6 Å². The van der Waals surface area contributed by atoms with Crippen LogP contribution in [0.2, 0.25) is 0 Å². The molecule has 0 aliphatic carbocycles. The number of aromatic hydroxyl groups is 1. The van der Waals surface area contributed by atoms with Gasteiger partial charge in [-0.2, -0.15) is 0 Å². The average Bonchev–Trinajstić information content (AvgIpc) is 3.32. The number of phenolic OH excluding ortho intramolecular Hbond substituents is 1. The Bertz CT molecular complexity index is 1060. The highest BCUT2D eigenvalue weighted by Gasteiger charge is 2.36. The number of rotatable bonds is 6. The van der Waals surface area contributed by atoms with Gasteiger partial charge in [-0.25, -0.2) is 0 Å². The molecular formula is C27H33N3O2. The van der Waals surface area contributed by atoms with E-state index < -0.39 is 0 Å². The molecule has 2 unspecified atom stereocenters. The van der Waals surface area contributed by atoms with Crippen LogP contribution in [0.1, 0.15) is 36.8 Å². The predicted molar refractivity (Wildman–Crippen MR) is 129 cm³/mol. The third-order valence-corrected chi connectivity index (χ3v) is 7.14. The molecule has 0 bridgehead atoms. The molecule has 0 spiro atoms. The van der Waals surface area contributed by atoms with Gasteiger partial charge in [0, 0.05) is 30.6 Å². The number of nitrogens with one attached hydrogen (secondary N) is 2. The molecule has 3 N–H and O–H groups in total. The Balaban J connectivity index is 1.23. The Morgan fingerprint density at radius 2 is 1.81 bits per heavy atom. The molecule has 168 valence electrons. The van der Waals surface area contributed by atoms with Crippen molar-refractivity contribution in [3.8, 4) is 11.5 Å². The zero-order valence-electron chi connectivity index (χ0n) is 18.8. The summed E-state index contributed by atoms with van der Waals surface area (Å²) < 4.78 is 5.55. The molecule has 2 aliphatic heterocycles. The predicted octanol–water partition coefficient (Wildman–Crippen LogP) is 4.42. The van der Waals surface area contributed by atoms with Gasteiger partial charge >= 0.3 is 0 Å². The van der Waals surface area contributed by atoms with Crippen molar-refractivity contribution in [2.75, 3.05) is 26.2 Å². The molecule has 0 amide bonds. The second-order valence-corrected chi connectivity index (χ2v) is 9.07. The second kappa shape index (κ2) is 9.49. The highest BCUT2D eigenvalue weighted by Crippen LogP contribution is 2.35. The van der Waals surface area contributed by atoms with E-state index in [1.54, 1.807) is 0 Å². The summed E-state index contributed by atoms with van der Waals surface area (Å²) in [7, 11) is 0. The molecule has 2 aliphatic rings. The van der Waals surface area contributed by atoms with Crippen LogP contribution in [-0.4, -0.2) is 42.3 Å². The number of fused-ring (bicyclic) bond motifs is 1. The van der Waals surface area contributed by atoms with Crippen molar-refractivity contribution in [1.29, 1.82) is 0 Å². The minimum absolute atomic E-state index is 0.287. The van der Waals surface area contributed by atoms with Crippen molar-refractivity contribution in [2.45, 2.75) is 38.3 Å². The third kappa shape index (κ3) is 4.33. The van der Waals surface area contributed by atoms with E-state index in [1.807, 2.05) is 25.1 Å². The van der Waals surface area contributed by atoms with Crippen LogP contribution in [0.25, 0.3) is 10.8 Å². The van der Waals surface area contributed by atoms with Gasteiger partial charge in [-0.05, 0) is 61.2 Å². The lowest BCUT2D eigenvalue weighted by Crippen LogP contribution is -2.44. The van der Waals surface area contributed by atoms with E-state index in [-0.39, 0.29) is 5.75 Å². The number of likely N-dealkylation sites (tertiary alicyclic amines) is 1. The van der Waals surface area contributed by atoms with Gasteiger partial charge < -0.3 is 9.84 Å². The first-order valence-electron chi connectivity index (χ1n) is 11.9. The number of benzene rings is 3. The highest BCUT2D eigenvalue weighted by molar-refractivity contribution is 5.83. The lowest BCUT2D eigenvalue weighted by atomic mass is 9.80. The SMILES string of the molecule is CCOc1cccc(CN2CCC(C3NNCC3c3ccc4ccccc4c3)CC2)c1O. The molecule has 3 aromatic rings. The monoisotopic (exact) mass is 431 g/mol. The topological polar surface area (TPSA) is 56.8 Å². The molecule has 0 radical (unpaired) electrons. The van der Waals surface area contributed by atoms with Gasteiger partial charge in [0.2, 0.25) is 0 Å². The van der Waals surface area contributed by atoms with Crippen LogP contribution in [0.3, 0.4) is 0 Å². The number of nitrogens with zero attached hydrogens (tertiary/aromatic N) is 1. The summed E-state index contributed by atoms with van der Waals surface area (Å²) in [5.41, 5.74) is 9.40. The maximum Gasteiger partial charge on any atom is 0.162 e. The lowest BCUT2D eigenvalue weighted by molar-refractivity contribution is 0.150. The highest BCUT2D eigenvalue weighted by atomic mass is 16.5. The Morgan fingerprint density at radius 3 is 2.62 bits per heavy atom. The van der Waals surface area contributed by atoms with Gasteiger partial charge in [-0.1, -0.05) is 54.6 Å². The molecule has 0 aromatic heterocycles. The molecular weight excluding hydrogens is 398 g/mol. The van der Waals surface area contributed by atoms with E-state index in [0.29, 0.717) is 30.2 Å². The normalized spacial score (nSPS) is 22.4. The van der Waals surface area contributed by atoms with Crippen LogP contribution < -0.4 is 15.6 Å². The Kier molecular flexibility index (Phi) is 6.30. The largest absolute Gasteiger partial charge is 0.504 e. The lowest BCUT2D eigenvalue weighted by Gasteiger charge is -2.36. The van der Waals surface area contributed by atoms with Crippen LogP contribution in [0.4, 0.5) is 0 Å².